The summed E-state index contributed by atoms with van der Waals surface area (Å²) >= 11 is 0. The van der Waals surface area contributed by atoms with Crippen molar-refractivity contribution >= 4 is 11.6 Å². The smallest absolute Gasteiger partial charge is 0.404 e. The largest absolute Gasteiger partial charge is 0.573 e. The second-order valence-electron chi connectivity index (χ2n) is 5.81. The highest BCUT2D eigenvalue weighted by atomic mass is 19.4. The van der Waals surface area contributed by atoms with E-state index in [1.807, 2.05) is 0 Å². The average Bonchev–Trinajstić information content (AvgIpc) is 2.65. The van der Waals surface area contributed by atoms with Gasteiger partial charge in [0.1, 0.15) is 12.4 Å². The van der Waals surface area contributed by atoms with E-state index in [9.17, 15) is 27.2 Å². The van der Waals surface area contributed by atoms with Crippen LogP contribution in [0.1, 0.15) is 0 Å². The molecule has 0 bridgehead atoms. The Kier molecular flexibility index (Phi) is 5.62. The lowest BCUT2D eigenvalue weighted by molar-refractivity contribution is -0.274. The zero-order chi connectivity index (χ0) is 21.0. The minimum atomic E-state index is -4.93. The van der Waals surface area contributed by atoms with Gasteiger partial charge in [-0.1, -0.05) is 12.1 Å². The summed E-state index contributed by atoms with van der Waals surface area (Å²) in [6.07, 6.45) is -4.93. The van der Waals surface area contributed by atoms with E-state index in [2.05, 4.69) is 15.2 Å². The number of benzene rings is 2. The standard InChI is InChI=1S/C19H13F4N3O3/c20-13-7-5-12(6-8-13)14-9-10-18(28)26(25-14)11-17(27)24-15-3-1-2-4-16(15)29-19(21,22)23/h1-10H,11H2,(H,24,27). The third kappa shape index (κ3) is 5.41. The number of para-hydroxylation sites is 2. The quantitative estimate of drug-likeness (QED) is 0.656. The zero-order valence-electron chi connectivity index (χ0n) is 14.6. The Morgan fingerprint density at radius 3 is 2.41 bits per heavy atom. The van der Waals surface area contributed by atoms with E-state index >= 15 is 0 Å². The Morgan fingerprint density at radius 2 is 1.72 bits per heavy atom. The van der Waals surface area contributed by atoms with Crippen LogP contribution >= 0.6 is 0 Å². The van der Waals surface area contributed by atoms with E-state index in [4.69, 9.17) is 0 Å². The van der Waals surface area contributed by atoms with Crippen LogP contribution in [0.2, 0.25) is 0 Å². The molecule has 0 aliphatic carbocycles. The van der Waals surface area contributed by atoms with Crippen LogP contribution in [0.15, 0.2) is 65.5 Å². The van der Waals surface area contributed by atoms with E-state index in [1.54, 1.807) is 0 Å². The Bertz CT molecular complexity index is 1080. The fourth-order valence-electron chi connectivity index (χ4n) is 2.45. The molecular weight excluding hydrogens is 394 g/mol. The number of anilines is 1. The number of nitrogens with zero attached hydrogens (tertiary/aromatic N) is 2. The van der Waals surface area contributed by atoms with Gasteiger partial charge in [0.15, 0.2) is 5.75 Å². The molecule has 1 amide bonds. The summed E-state index contributed by atoms with van der Waals surface area (Å²) < 4.78 is 55.2. The molecule has 0 saturated heterocycles. The van der Waals surface area contributed by atoms with Crippen molar-refractivity contribution < 1.29 is 27.1 Å². The number of carbonyl (C=O) groups is 1. The first-order valence-electron chi connectivity index (χ1n) is 8.20. The van der Waals surface area contributed by atoms with Gasteiger partial charge in [0.05, 0.1) is 11.4 Å². The number of carbonyl (C=O) groups excluding carboxylic acids is 1. The van der Waals surface area contributed by atoms with E-state index < -0.39 is 35.9 Å². The van der Waals surface area contributed by atoms with E-state index in [0.717, 1.165) is 10.7 Å². The van der Waals surface area contributed by atoms with E-state index in [-0.39, 0.29) is 5.69 Å². The third-order valence-corrected chi connectivity index (χ3v) is 3.69. The van der Waals surface area contributed by atoms with Gasteiger partial charge >= 0.3 is 6.36 Å². The van der Waals surface area contributed by atoms with Crippen molar-refractivity contribution in [3.8, 4) is 17.0 Å². The molecule has 0 atom stereocenters. The van der Waals surface area contributed by atoms with E-state index in [0.29, 0.717) is 11.3 Å². The topological polar surface area (TPSA) is 73.2 Å². The molecule has 3 aromatic rings. The molecule has 0 fully saturated rings. The molecule has 0 aliphatic rings. The molecule has 10 heteroatoms. The predicted molar refractivity (Wildman–Crippen MR) is 95.6 cm³/mol. The zero-order valence-corrected chi connectivity index (χ0v) is 14.6. The molecule has 0 saturated carbocycles. The van der Waals surface area contributed by atoms with Gasteiger partial charge in [0.25, 0.3) is 5.56 Å². The third-order valence-electron chi connectivity index (χ3n) is 3.69. The molecule has 3 rings (SSSR count). The van der Waals surface area contributed by atoms with Gasteiger partial charge in [-0.3, -0.25) is 9.59 Å². The first-order chi connectivity index (χ1) is 13.7. The van der Waals surface area contributed by atoms with Crippen LogP contribution in [0.25, 0.3) is 11.3 Å². The van der Waals surface area contributed by atoms with Crippen LogP contribution in [-0.2, 0) is 11.3 Å². The number of hydrogen-bond donors (Lipinski definition) is 1. The first kappa shape index (κ1) is 20.1. The molecule has 1 aromatic heterocycles. The number of ether oxygens (including phenoxy) is 1. The minimum Gasteiger partial charge on any atom is -0.404 e. The van der Waals surface area contributed by atoms with Crippen LogP contribution < -0.4 is 15.6 Å². The monoisotopic (exact) mass is 407 g/mol. The summed E-state index contributed by atoms with van der Waals surface area (Å²) in [5.41, 5.74) is 0.0334. The second kappa shape index (κ2) is 8.13. The number of halogens is 4. The second-order valence-corrected chi connectivity index (χ2v) is 5.81. The molecule has 0 unspecified atom stereocenters. The van der Waals surface area contributed by atoms with Crippen LogP contribution in [0.5, 0.6) is 5.75 Å². The Labute approximate surface area is 161 Å². The van der Waals surface area contributed by atoms with Crippen molar-refractivity contribution in [3.05, 3.63) is 76.8 Å². The summed E-state index contributed by atoms with van der Waals surface area (Å²) in [7, 11) is 0. The van der Waals surface area contributed by atoms with Gasteiger partial charge in [-0.2, -0.15) is 5.10 Å². The SMILES string of the molecule is O=C(Cn1nc(-c2ccc(F)cc2)ccc1=O)Nc1ccccc1OC(F)(F)F. The van der Waals surface area contributed by atoms with Gasteiger partial charge in [0, 0.05) is 11.6 Å². The molecular formula is C19H13F4N3O3. The lowest BCUT2D eigenvalue weighted by Gasteiger charge is -2.14. The maximum atomic E-state index is 13.1. The maximum absolute atomic E-state index is 13.1. The predicted octanol–water partition coefficient (Wildman–Crippen LogP) is 3.59. The highest BCUT2D eigenvalue weighted by molar-refractivity contribution is 5.92. The molecule has 2 aromatic carbocycles. The number of alkyl halides is 3. The van der Waals surface area contributed by atoms with Crippen molar-refractivity contribution in [1.82, 2.24) is 9.78 Å². The number of hydrogen-bond acceptors (Lipinski definition) is 4. The maximum Gasteiger partial charge on any atom is 0.573 e. The summed E-state index contributed by atoms with van der Waals surface area (Å²) in [4.78, 5) is 24.2. The van der Waals surface area contributed by atoms with Crippen LogP contribution in [0.3, 0.4) is 0 Å². The molecule has 0 spiro atoms. The lowest BCUT2D eigenvalue weighted by atomic mass is 10.1. The Balaban J connectivity index is 1.79. The van der Waals surface area contributed by atoms with Gasteiger partial charge in [0.2, 0.25) is 5.91 Å². The molecule has 0 aliphatic heterocycles. The van der Waals surface area contributed by atoms with Crippen molar-refractivity contribution in [2.45, 2.75) is 12.9 Å². The van der Waals surface area contributed by atoms with Crippen molar-refractivity contribution in [1.29, 1.82) is 0 Å². The van der Waals surface area contributed by atoms with Crippen LogP contribution in [0.4, 0.5) is 23.2 Å². The highest BCUT2D eigenvalue weighted by Gasteiger charge is 2.32. The highest BCUT2D eigenvalue weighted by Crippen LogP contribution is 2.29. The normalized spacial score (nSPS) is 11.2. The minimum absolute atomic E-state index is 0.211. The number of rotatable bonds is 5. The summed E-state index contributed by atoms with van der Waals surface area (Å²) in [5, 5.41) is 6.31. The lowest BCUT2D eigenvalue weighted by Crippen LogP contribution is -2.29. The molecule has 1 heterocycles. The van der Waals surface area contributed by atoms with E-state index in [1.165, 1.54) is 54.6 Å². The van der Waals surface area contributed by atoms with Crippen LogP contribution in [-0.4, -0.2) is 22.1 Å². The van der Waals surface area contributed by atoms with Crippen LogP contribution in [0, 0.1) is 5.82 Å². The van der Waals surface area contributed by atoms with Gasteiger partial charge in [-0.25, -0.2) is 9.07 Å². The number of aromatic nitrogens is 2. The summed E-state index contributed by atoms with van der Waals surface area (Å²) in [5.74, 6) is -1.82. The van der Waals surface area contributed by atoms with Gasteiger partial charge < -0.3 is 10.1 Å². The fraction of sp³-hybridized carbons (Fsp3) is 0.105. The molecule has 6 nitrogen and oxygen atoms in total. The molecule has 1 N–H and O–H groups in total. The Morgan fingerprint density at radius 1 is 1.03 bits per heavy atom. The number of amides is 1. The molecule has 150 valence electrons. The Hall–Kier alpha value is -3.69. The van der Waals surface area contributed by atoms with Gasteiger partial charge in [-0.15, -0.1) is 13.2 Å². The fourth-order valence-corrected chi connectivity index (χ4v) is 2.45. The molecule has 29 heavy (non-hydrogen) atoms. The summed E-state index contributed by atoms with van der Waals surface area (Å²) in [6.45, 7) is -0.547. The van der Waals surface area contributed by atoms with Crippen molar-refractivity contribution in [2.24, 2.45) is 0 Å². The first-order valence-corrected chi connectivity index (χ1v) is 8.20. The number of nitrogens with one attached hydrogen (secondary N) is 1. The van der Waals surface area contributed by atoms with Gasteiger partial charge in [-0.05, 0) is 42.5 Å². The summed E-state index contributed by atoms with van der Waals surface area (Å²) in [6, 6.07) is 12.9. The molecule has 0 radical (unpaired) electrons. The van der Waals surface area contributed by atoms with Crippen molar-refractivity contribution in [3.63, 3.8) is 0 Å². The average molecular weight is 407 g/mol. The van der Waals surface area contributed by atoms with Crippen molar-refractivity contribution in [2.75, 3.05) is 5.32 Å².